The van der Waals surface area contributed by atoms with Gasteiger partial charge in [0.05, 0.1) is 11.1 Å². The van der Waals surface area contributed by atoms with Crippen molar-refractivity contribution < 1.29 is 9.13 Å². The second-order valence-electron chi connectivity index (χ2n) is 4.75. The molecule has 4 heteroatoms. The largest absolute Gasteiger partial charge is 0.377 e. The van der Waals surface area contributed by atoms with Crippen LogP contribution in [0.1, 0.15) is 24.8 Å². The molecular weight excluding hydrogens is 253 g/mol. The van der Waals surface area contributed by atoms with Crippen LogP contribution in [0.3, 0.4) is 0 Å². The monoisotopic (exact) mass is 271 g/mol. The van der Waals surface area contributed by atoms with Gasteiger partial charge in [-0.2, -0.15) is 0 Å². The number of ether oxygens (including phenoxy) is 1. The highest BCUT2D eigenvalue weighted by Gasteiger charge is 2.23. The average Bonchev–Trinajstić information content (AvgIpc) is 2.41. The van der Waals surface area contributed by atoms with Crippen LogP contribution in [0.25, 0.3) is 0 Å². The summed E-state index contributed by atoms with van der Waals surface area (Å²) in [6, 6.07) is 5.16. The minimum atomic E-state index is -0.365. The average molecular weight is 272 g/mol. The normalized spacial score (nSPS) is 21.8. The summed E-state index contributed by atoms with van der Waals surface area (Å²) >= 11 is 5.80. The summed E-state index contributed by atoms with van der Waals surface area (Å²) in [5.74, 6) is -0.365. The molecule has 18 heavy (non-hydrogen) atoms. The molecule has 1 saturated heterocycles. The van der Waals surface area contributed by atoms with E-state index >= 15 is 0 Å². The van der Waals surface area contributed by atoms with E-state index in [0.29, 0.717) is 0 Å². The van der Waals surface area contributed by atoms with E-state index in [1.54, 1.807) is 12.1 Å². The molecule has 2 atom stereocenters. The van der Waals surface area contributed by atoms with Gasteiger partial charge in [0.15, 0.2) is 0 Å². The first-order valence-corrected chi connectivity index (χ1v) is 6.81. The molecule has 1 aliphatic rings. The number of rotatable bonds is 4. The highest BCUT2D eigenvalue weighted by atomic mass is 35.5. The van der Waals surface area contributed by atoms with E-state index in [1.165, 1.54) is 12.5 Å². The van der Waals surface area contributed by atoms with Crippen molar-refractivity contribution in [2.75, 3.05) is 13.7 Å². The van der Waals surface area contributed by atoms with E-state index in [0.717, 1.165) is 31.4 Å². The molecule has 0 saturated carbocycles. The van der Waals surface area contributed by atoms with Crippen molar-refractivity contribution in [3.05, 3.63) is 34.6 Å². The third-order valence-electron chi connectivity index (χ3n) is 3.47. The van der Waals surface area contributed by atoms with Crippen molar-refractivity contribution in [2.24, 2.45) is 0 Å². The molecule has 100 valence electrons. The minimum Gasteiger partial charge on any atom is -0.377 e. The molecule has 1 heterocycles. The molecule has 1 aromatic carbocycles. The van der Waals surface area contributed by atoms with Crippen molar-refractivity contribution in [3.8, 4) is 0 Å². The van der Waals surface area contributed by atoms with Crippen molar-refractivity contribution in [2.45, 2.75) is 37.8 Å². The lowest BCUT2D eigenvalue weighted by atomic mass is 9.96. The Labute approximate surface area is 112 Å². The lowest BCUT2D eigenvalue weighted by Crippen LogP contribution is -2.42. The first-order chi connectivity index (χ1) is 8.70. The zero-order valence-corrected chi connectivity index (χ0v) is 11.3. The van der Waals surface area contributed by atoms with E-state index in [2.05, 4.69) is 5.32 Å². The van der Waals surface area contributed by atoms with Crippen LogP contribution in [0, 0.1) is 5.82 Å². The molecule has 0 amide bonds. The topological polar surface area (TPSA) is 21.3 Å². The van der Waals surface area contributed by atoms with E-state index < -0.39 is 0 Å². The summed E-state index contributed by atoms with van der Waals surface area (Å²) in [4.78, 5) is 0. The highest BCUT2D eigenvalue weighted by Crippen LogP contribution is 2.21. The molecule has 0 aromatic heterocycles. The predicted octanol–water partition coefficient (Wildman–Crippen LogP) is 3.18. The van der Waals surface area contributed by atoms with Gasteiger partial charge in [-0.05, 0) is 50.4 Å². The van der Waals surface area contributed by atoms with Gasteiger partial charge in [0.25, 0.3) is 0 Å². The molecule has 2 rings (SSSR count). The van der Waals surface area contributed by atoms with Gasteiger partial charge in [0, 0.05) is 12.6 Å². The summed E-state index contributed by atoms with van der Waals surface area (Å²) in [5.41, 5.74) is 1.04. The molecule has 2 nitrogen and oxygen atoms in total. The number of halogens is 2. The van der Waals surface area contributed by atoms with Crippen molar-refractivity contribution >= 4 is 11.6 Å². The van der Waals surface area contributed by atoms with Crippen LogP contribution in [0.15, 0.2) is 18.2 Å². The zero-order chi connectivity index (χ0) is 13.0. The van der Waals surface area contributed by atoms with Crippen LogP contribution in [0.4, 0.5) is 4.39 Å². The molecule has 0 bridgehead atoms. The highest BCUT2D eigenvalue weighted by molar-refractivity contribution is 6.30. The summed E-state index contributed by atoms with van der Waals surface area (Å²) in [6.07, 6.45) is 4.50. The minimum absolute atomic E-state index is 0.187. The third-order valence-corrected chi connectivity index (χ3v) is 3.76. The fraction of sp³-hybridized carbons (Fsp3) is 0.571. The smallest absolute Gasteiger partial charge is 0.141 e. The maximum absolute atomic E-state index is 13.1. The van der Waals surface area contributed by atoms with Crippen LogP contribution in [-0.4, -0.2) is 25.8 Å². The second kappa shape index (κ2) is 6.50. The van der Waals surface area contributed by atoms with E-state index in [-0.39, 0.29) is 23.0 Å². The van der Waals surface area contributed by atoms with Crippen LogP contribution in [0.5, 0.6) is 0 Å². The van der Waals surface area contributed by atoms with Gasteiger partial charge in [0.1, 0.15) is 5.82 Å². The molecule has 1 N–H and O–H groups in total. The maximum Gasteiger partial charge on any atom is 0.141 e. The molecule has 1 aliphatic heterocycles. The Morgan fingerprint density at radius 2 is 2.33 bits per heavy atom. The molecule has 0 aliphatic carbocycles. The van der Waals surface area contributed by atoms with Gasteiger partial charge in [-0.15, -0.1) is 0 Å². The van der Waals surface area contributed by atoms with Crippen LogP contribution < -0.4 is 5.32 Å². The summed E-state index contributed by atoms with van der Waals surface area (Å²) in [5, 5.41) is 3.48. The lowest BCUT2D eigenvalue weighted by Gasteiger charge is -2.30. The Bertz CT molecular complexity index is 393. The third kappa shape index (κ3) is 3.44. The van der Waals surface area contributed by atoms with Gasteiger partial charge in [-0.1, -0.05) is 17.7 Å². The Morgan fingerprint density at radius 1 is 1.50 bits per heavy atom. The SMILES string of the molecule is CNC(Cc1ccc(F)c(Cl)c1)C1CCCCO1. The summed E-state index contributed by atoms with van der Waals surface area (Å²) in [6.45, 7) is 0.840. The van der Waals surface area contributed by atoms with Gasteiger partial charge < -0.3 is 10.1 Å². The zero-order valence-electron chi connectivity index (χ0n) is 10.6. The first kappa shape index (κ1) is 13.8. The Kier molecular flexibility index (Phi) is 4.98. The fourth-order valence-corrected chi connectivity index (χ4v) is 2.63. The number of benzene rings is 1. The van der Waals surface area contributed by atoms with Crippen LogP contribution >= 0.6 is 11.6 Å². The molecule has 1 aromatic rings. The molecule has 2 unspecified atom stereocenters. The van der Waals surface area contributed by atoms with E-state index in [1.807, 2.05) is 7.05 Å². The summed E-state index contributed by atoms with van der Waals surface area (Å²) < 4.78 is 18.9. The Balaban J connectivity index is 2.02. The number of nitrogens with one attached hydrogen (secondary N) is 1. The van der Waals surface area contributed by atoms with Gasteiger partial charge >= 0.3 is 0 Å². The quantitative estimate of drug-likeness (QED) is 0.908. The Morgan fingerprint density at radius 3 is 2.94 bits per heavy atom. The van der Waals surface area contributed by atoms with E-state index in [4.69, 9.17) is 16.3 Å². The molecular formula is C14H19ClFNO. The molecule has 0 spiro atoms. The maximum atomic E-state index is 13.1. The number of hydrogen-bond acceptors (Lipinski definition) is 2. The van der Waals surface area contributed by atoms with Crippen LogP contribution in [0.2, 0.25) is 5.02 Å². The number of likely N-dealkylation sites (N-methyl/N-ethyl adjacent to an activating group) is 1. The number of hydrogen-bond donors (Lipinski definition) is 1. The standard InChI is InChI=1S/C14H19ClFNO/c1-17-13(14-4-2-3-7-18-14)9-10-5-6-12(16)11(15)8-10/h5-6,8,13-14,17H,2-4,7,9H2,1H3. The van der Waals surface area contributed by atoms with Gasteiger partial charge in [-0.3, -0.25) is 0 Å². The first-order valence-electron chi connectivity index (χ1n) is 6.43. The molecule has 1 fully saturated rings. The van der Waals surface area contributed by atoms with Crippen molar-refractivity contribution in [1.82, 2.24) is 5.32 Å². The fourth-order valence-electron chi connectivity index (χ4n) is 2.42. The lowest BCUT2D eigenvalue weighted by molar-refractivity contribution is -0.00587. The molecule has 0 radical (unpaired) electrons. The predicted molar refractivity (Wildman–Crippen MR) is 71.6 cm³/mol. The van der Waals surface area contributed by atoms with E-state index in [9.17, 15) is 4.39 Å². The Hall–Kier alpha value is -0.640. The summed E-state index contributed by atoms with van der Waals surface area (Å²) in [7, 11) is 1.94. The second-order valence-corrected chi connectivity index (χ2v) is 5.16. The van der Waals surface area contributed by atoms with Crippen LogP contribution in [-0.2, 0) is 11.2 Å². The van der Waals surface area contributed by atoms with Crippen molar-refractivity contribution in [1.29, 1.82) is 0 Å². The van der Waals surface area contributed by atoms with Crippen molar-refractivity contribution in [3.63, 3.8) is 0 Å². The van der Waals surface area contributed by atoms with Gasteiger partial charge in [-0.25, -0.2) is 4.39 Å². The van der Waals surface area contributed by atoms with Gasteiger partial charge in [0.2, 0.25) is 0 Å².